The van der Waals surface area contributed by atoms with E-state index in [1.54, 1.807) is 12.5 Å². The number of hydrogen-bond acceptors (Lipinski definition) is 3. The molecule has 4 heteroatoms. The quantitative estimate of drug-likeness (QED) is 0.645. The lowest BCUT2D eigenvalue weighted by atomic mass is 10.2. The third-order valence-electron chi connectivity index (χ3n) is 1.38. The Labute approximate surface area is 64.6 Å². The second-order valence-corrected chi connectivity index (χ2v) is 2.15. The minimum Gasteiger partial charge on any atom is -0.469 e. The molecule has 1 aromatic heterocycles. The zero-order chi connectivity index (χ0) is 8.10. The van der Waals surface area contributed by atoms with E-state index in [-0.39, 0.29) is 5.97 Å². The number of esters is 1. The van der Waals surface area contributed by atoms with Crippen LogP contribution in [0.1, 0.15) is 12.1 Å². The molecule has 0 radical (unpaired) electrons. The zero-order valence-electron chi connectivity index (χ0n) is 6.33. The number of aromatic nitrogens is 2. The topological polar surface area (TPSA) is 55.0 Å². The largest absolute Gasteiger partial charge is 0.469 e. The van der Waals surface area contributed by atoms with Gasteiger partial charge < -0.3 is 9.72 Å². The highest BCUT2D eigenvalue weighted by Gasteiger charge is 2.00. The smallest absolute Gasteiger partial charge is 0.305 e. The molecule has 1 rings (SSSR count). The summed E-state index contributed by atoms with van der Waals surface area (Å²) in [6.45, 7) is 0. The maximum atomic E-state index is 10.7. The number of aryl methyl sites for hydroxylation is 1. The van der Waals surface area contributed by atoms with Gasteiger partial charge >= 0.3 is 5.97 Å². The van der Waals surface area contributed by atoms with Crippen LogP contribution in [0.25, 0.3) is 0 Å². The molecular formula is C7H10N2O2. The molecule has 11 heavy (non-hydrogen) atoms. The maximum absolute atomic E-state index is 10.7. The maximum Gasteiger partial charge on any atom is 0.305 e. The van der Waals surface area contributed by atoms with E-state index in [1.807, 2.05) is 0 Å². The van der Waals surface area contributed by atoms with Crippen LogP contribution in [-0.4, -0.2) is 23.0 Å². The minimum atomic E-state index is -0.195. The van der Waals surface area contributed by atoms with Crippen molar-refractivity contribution < 1.29 is 9.53 Å². The monoisotopic (exact) mass is 154 g/mol. The molecular weight excluding hydrogens is 144 g/mol. The first-order valence-corrected chi connectivity index (χ1v) is 3.37. The van der Waals surface area contributed by atoms with Crippen molar-refractivity contribution >= 4 is 5.97 Å². The van der Waals surface area contributed by atoms with Crippen molar-refractivity contribution in [2.75, 3.05) is 7.11 Å². The molecule has 0 amide bonds. The fourth-order valence-electron chi connectivity index (χ4n) is 0.760. The Balaban J connectivity index is 2.29. The van der Waals surface area contributed by atoms with Crippen LogP contribution >= 0.6 is 0 Å². The Hall–Kier alpha value is -1.32. The Morgan fingerprint density at radius 1 is 1.82 bits per heavy atom. The molecule has 0 unspecified atom stereocenters. The molecule has 0 saturated heterocycles. The number of carbonyl (C=O) groups is 1. The third-order valence-corrected chi connectivity index (χ3v) is 1.38. The molecule has 0 aliphatic rings. The second-order valence-electron chi connectivity index (χ2n) is 2.15. The van der Waals surface area contributed by atoms with Gasteiger partial charge in [0, 0.05) is 11.9 Å². The number of nitrogens with one attached hydrogen (secondary N) is 1. The lowest BCUT2D eigenvalue weighted by Gasteiger charge is -1.95. The van der Waals surface area contributed by atoms with Crippen molar-refractivity contribution in [2.24, 2.45) is 0 Å². The summed E-state index contributed by atoms with van der Waals surface area (Å²) in [6.07, 6.45) is 4.35. The predicted octanol–water partition coefficient (Wildman–Crippen LogP) is 0.515. The van der Waals surface area contributed by atoms with Crippen molar-refractivity contribution in [1.29, 1.82) is 0 Å². The van der Waals surface area contributed by atoms with E-state index < -0.39 is 0 Å². The number of ether oxygens (including phenoxy) is 1. The van der Waals surface area contributed by atoms with Crippen molar-refractivity contribution in [3.05, 3.63) is 18.2 Å². The number of carbonyl (C=O) groups excluding carboxylic acids is 1. The lowest BCUT2D eigenvalue weighted by Crippen LogP contribution is -2.01. The van der Waals surface area contributed by atoms with E-state index in [4.69, 9.17) is 0 Å². The van der Waals surface area contributed by atoms with Gasteiger partial charge in [0.25, 0.3) is 0 Å². The summed E-state index contributed by atoms with van der Waals surface area (Å²) in [5.41, 5.74) is 0.954. The van der Waals surface area contributed by atoms with Crippen LogP contribution in [0.2, 0.25) is 0 Å². The van der Waals surface area contributed by atoms with Crippen LogP contribution in [0.5, 0.6) is 0 Å². The molecule has 0 bridgehead atoms. The first-order chi connectivity index (χ1) is 5.33. The van der Waals surface area contributed by atoms with E-state index >= 15 is 0 Å². The van der Waals surface area contributed by atoms with E-state index in [2.05, 4.69) is 14.7 Å². The third kappa shape index (κ3) is 2.41. The molecule has 1 heterocycles. The van der Waals surface area contributed by atoms with E-state index in [9.17, 15) is 4.79 Å². The Bertz CT molecular complexity index is 218. The van der Waals surface area contributed by atoms with Crippen molar-refractivity contribution in [1.82, 2.24) is 9.97 Å². The average molecular weight is 154 g/mol. The number of aromatic amines is 1. The molecule has 60 valence electrons. The van der Waals surface area contributed by atoms with Crippen LogP contribution < -0.4 is 0 Å². The first-order valence-electron chi connectivity index (χ1n) is 3.37. The summed E-state index contributed by atoms with van der Waals surface area (Å²) < 4.78 is 4.48. The van der Waals surface area contributed by atoms with Crippen molar-refractivity contribution in [2.45, 2.75) is 12.8 Å². The molecule has 0 fully saturated rings. The normalized spacial score (nSPS) is 9.55. The number of imidazole rings is 1. The summed E-state index contributed by atoms with van der Waals surface area (Å²) in [4.78, 5) is 17.4. The lowest BCUT2D eigenvalue weighted by molar-refractivity contribution is -0.140. The van der Waals surface area contributed by atoms with E-state index in [1.165, 1.54) is 7.11 Å². The summed E-state index contributed by atoms with van der Waals surface area (Å²) in [5, 5.41) is 0. The minimum absolute atomic E-state index is 0.195. The van der Waals surface area contributed by atoms with Crippen LogP contribution in [-0.2, 0) is 16.0 Å². The number of H-pyrrole nitrogens is 1. The Kier molecular flexibility index (Phi) is 2.66. The van der Waals surface area contributed by atoms with Crippen LogP contribution in [0.15, 0.2) is 12.5 Å². The van der Waals surface area contributed by atoms with Crippen LogP contribution in [0.3, 0.4) is 0 Å². The van der Waals surface area contributed by atoms with Gasteiger partial charge in [-0.3, -0.25) is 4.79 Å². The van der Waals surface area contributed by atoms with Gasteiger partial charge in [0.1, 0.15) is 0 Å². The molecule has 4 nitrogen and oxygen atoms in total. The Morgan fingerprint density at radius 3 is 3.18 bits per heavy atom. The highest BCUT2D eigenvalue weighted by atomic mass is 16.5. The van der Waals surface area contributed by atoms with Gasteiger partial charge in [-0.05, 0) is 6.42 Å². The number of hydrogen-bond donors (Lipinski definition) is 1. The summed E-state index contributed by atoms with van der Waals surface area (Å²) in [5.74, 6) is -0.195. The summed E-state index contributed by atoms with van der Waals surface area (Å²) in [6, 6.07) is 0. The van der Waals surface area contributed by atoms with Crippen molar-refractivity contribution in [3.8, 4) is 0 Å². The molecule has 0 spiro atoms. The van der Waals surface area contributed by atoms with Gasteiger partial charge in [-0.15, -0.1) is 0 Å². The SMILES string of the molecule is COC(=O)CCc1cnc[nH]1. The standard InChI is InChI=1S/C7H10N2O2/c1-11-7(10)3-2-6-4-8-5-9-6/h4-5H,2-3H2,1H3,(H,8,9). The summed E-state index contributed by atoms with van der Waals surface area (Å²) >= 11 is 0. The number of nitrogens with zero attached hydrogens (tertiary/aromatic N) is 1. The van der Waals surface area contributed by atoms with Crippen molar-refractivity contribution in [3.63, 3.8) is 0 Å². The van der Waals surface area contributed by atoms with E-state index in [0.717, 1.165) is 5.69 Å². The molecule has 0 aliphatic heterocycles. The van der Waals surface area contributed by atoms with Gasteiger partial charge in [-0.25, -0.2) is 4.98 Å². The predicted molar refractivity (Wildman–Crippen MR) is 38.9 cm³/mol. The molecule has 1 aromatic rings. The first kappa shape index (κ1) is 7.78. The van der Waals surface area contributed by atoms with Crippen LogP contribution in [0, 0.1) is 0 Å². The molecule has 0 atom stereocenters. The second kappa shape index (κ2) is 3.75. The Morgan fingerprint density at radius 2 is 2.64 bits per heavy atom. The van der Waals surface area contributed by atoms with Gasteiger partial charge in [-0.1, -0.05) is 0 Å². The average Bonchev–Trinajstić information content (AvgIpc) is 2.52. The molecule has 0 aliphatic carbocycles. The van der Waals surface area contributed by atoms with Gasteiger partial charge in [0.15, 0.2) is 0 Å². The molecule has 1 N–H and O–H groups in total. The molecule has 0 aromatic carbocycles. The number of rotatable bonds is 3. The van der Waals surface area contributed by atoms with Gasteiger partial charge in [0.05, 0.1) is 19.9 Å². The zero-order valence-corrected chi connectivity index (χ0v) is 6.33. The molecule has 0 saturated carbocycles. The highest BCUT2D eigenvalue weighted by molar-refractivity contribution is 5.69. The van der Waals surface area contributed by atoms with Gasteiger partial charge in [-0.2, -0.15) is 0 Å². The fraction of sp³-hybridized carbons (Fsp3) is 0.429. The summed E-state index contributed by atoms with van der Waals surface area (Å²) in [7, 11) is 1.38. The van der Waals surface area contributed by atoms with E-state index in [0.29, 0.717) is 12.8 Å². The number of methoxy groups -OCH3 is 1. The van der Waals surface area contributed by atoms with Crippen LogP contribution in [0.4, 0.5) is 0 Å². The van der Waals surface area contributed by atoms with Gasteiger partial charge in [0.2, 0.25) is 0 Å². The highest BCUT2D eigenvalue weighted by Crippen LogP contribution is 1.97. The fourth-order valence-corrected chi connectivity index (χ4v) is 0.760.